The van der Waals surface area contributed by atoms with Crippen molar-refractivity contribution in [3.8, 4) is 0 Å². The van der Waals surface area contributed by atoms with Gasteiger partial charge in [0.25, 0.3) is 0 Å². The monoisotopic (exact) mass is 129 g/mol. The average molecular weight is 129 g/mol. The topological polar surface area (TPSA) is 58.0 Å². The van der Waals surface area contributed by atoms with Crippen LogP contribution in [0.5, 0.6) is 0 Å². The van der Waals surface area contributed by atoms with E-state index in [0.717, 1.165) is 6.42 Å². The highest BCUT2D eigenvalue weighted by atomic mass is 16.5. The number of rotatable bonds is 4. The molecular formula is C5H11N3O. The Kier molecular flexibility index (Phi) is 4.97. The van der Waals surface area contributed by atoms with Gasteiger partial charge >= 0.3 is 0 Å². The van der Waals surface area contributed by atoms with E-state index >= 15 is 0 Å². The molecular weight excluding hydrogens is 118 g/mol. The van der Waals surface area contributed by atoms with Crippen molar-refractivity contribution in [1.29, 1.82) is 0 Å². The molecule has 0 fully saturated rings. The summed E-state index contributed by atoms with van der Waals surface area (Å²) in [5, 5.41) is 3.46. The van der Waals surface area contributed by atoms with Crippen molar-refractivity contribution in [2.45, 2.75) is 19.4 Å². The first-order valence-electron chi connectivity index (χ1n) is 2.84. The molecule has 0 aliphatic heterocycles. The van der Waals surface area contributed by atoms with E-state index in [2.05, 4.69) is 10.0 Å². The Morgan fingerprint density at radius 1 is 1.78 bits per heavy atom. The van der Waals surface area contributed by atoms with E-state index < -0.39 is 0 Å². The highest BCUT2D eigenvalue weighted by Crippen LogP contribution is 1.95. The van der Waals surface area contributed by atoms with Gasteiger partial charge in [-0.25, -0.2) is 0 Å². The summed E-state index contributed by atoms with van der Waals surface area (Å²) in [6, 6.07) is 0.0509. The zero-order chi connectivity index (χ0) is 7.11. The molecule has 0 aliphatic rings. The predicted molar refractivity (Wildman–Crippen MR) is 35.1 cm³/mol. The Morgan fingerprint density at radius 2 is 2.44 bits per heavy atom. The van der Waals surface area contributed by atoms with Crippen LogP contribution >= 0.6 is 0 Å². The minimum atomic E-state index is 0.0509. The zero-order valence-electron chi connectivity index (χ0n) is 5.74. The summed E-state index contributed by atoms with van der Waals surface area (Å²) >= 11 is 0. The van der Waals surface area contributed by atoms with E-state index in [0.29, 0.717) is 6.61 Å². The summed E-state index contributed by atoms with van der Waals surface area (Å²) in [5.74, 6) is 0. The summed E-state index contributed by atoms with van der Waals surface area (Å²) in [7, 11) is 1.63. The molecule has 4 heteroatoms. The van der Waals surface area contributed by atoms with Crippen molar-refractivity contribution in [3.05, 3.63) is 10.4 Å². The Labute approximate surface area is 54.4 Å². The minimum absolute atomic E-state index is 0.0509. The number of azide groups is 1. The van der Waals surface area contributed by atoms with Gasteiger partial charge in [0.2, 0.25) is 0 Å². The molecule has 9 heavy (non-hydrogen) atoms. The van der Waals surface area contributed by atoms with Crippen molar-refractivity contribution in [3.63, 3.8) is 0 Å². The summed E-state index contributed by atoms with van der Waals surface area (Å²) in [6.45, 7) is 2.51. The molecule has 0 saturated carbocycles. The molecule has 4 nitrogen and oxygen atoms in total. The van der Waals surface area contributed by atoms with Gasteiger partial charge in [0, 0.05) is 24.7 Å². The number of hydrogen-bond donors (Lipinski definition) is 0. The second-order valence-corrected chi connectivity index (χ2v) is 1.84. The third kappa shape index (κ3) is 5.14. The van der Waals surface area contributed by atoms with Crippen LogP contribution in [0.15, 0.2) is 5.11 Å². The molecule has 0 aromatic carbocycles. The van der Waals surface area contributed by atoms with Crippen molar-refractivity contribution < 1.29 is 4.74 Å². The molecule has 0 saturated heterocycles. The van der Waals surface area contributed by atoms with E-state index in [4.69, 9.17) is 10.3 Å². The van der Waals surface area contributed by atoms with Gasteiger partial charge in [0.15, 0.2) is 0 Å². The lowest BCUT2D eigenvalue weighted by Crippen LogP contribution is -2.00. The Morgan fingerprint density at radius 3 is 2.89 bits per heavy atom. The number of methoxy groups -OCH3 is 1. The summed E-state index contributed by atoms with van der Waals surface area (Å²) in [4.78, 5) is 2.66. The number of nitrogens with zero attached hydrogens (tertiary/aromatic N) is 3. The Bertz CT molecular complexity index is 109. The fourth-order valence-corrected chi connectivity index (χ4v) is 0.434. The van der Waals surface area contributed by atoms with Crippen LogP contribution in [0.4, 0.5) is 0 Å². The summed E-state index contributed by atoms with van der Waals surface area (Å²) in [6.07, 6.45) is 0.792. The first-order chi connectivity index (χ1) is 4.31. The molecule has 1 unspecified atom stereocenters. The fraction of sp³-hybridized carbons (Fsp3) is 1.00. The summed E-state index contributed by atoms with van der Waals surface area (Å²) in [5.41, 5.74) is 7.95. The highest BCUT2D eigenvalue weighted by Gasteiger charge is 1.94. The molecule has 0 amide bonds. The van der Waals surface area contributed by atoms with Crippen molar-refractivity contribution >= 4 is 0 Å². The molecule has 0 aromatic rings. The van der Waals surface area contributed by atoms with E-state index in [1.165, 1.54) is 0 Å². The van der Waals surface area contributed by atoms with Gasteiger partial charge in [-0.3, -0.25) is 0 Å². The SMILES string of the molecule is COCCC(C)N=[N+]=[N-]. The van der Waals surface area contributed by atoms with Crippen LogP contribution in [0.1, 0.15) is 13.3 Å². The van der Waals surface area contributed by atoms with Gasteiger partial charge in [0.1, 0.15) is 0 Å². The minimum Gasteiger partial charge on any atom is -0.385 e. The van der Waals surface area contributed by atoms with E-state index in [9.17, 15) is 0 Å². The van der Waals surface area contributed by atoms with Crippen molar-refractivity contribution in [2.75, 3.05) is 13.7 Å². The molecule has 52 valence electrons. The maximum Gasteiger partial charge on any atom is 0.0466 e. The van der Waals surface area contributed by atoms with E-state index in [1.807, 2.05) is 6.92 Å². The van der Waals surface area contributed by atoms with Crippen LogP contribution in [0.2, 0.25) is 0 Å². The molecule has 0 heterocycles. The summed E-state index contributed by atoms with van der Waals surface area (Å²) < 4.78 is 4.78. The normalized spacial score (nSPS) is 12.2. The molecule has 1 atom stereocenters. The van der Waals surface area contributed by atoms with Gasteiger partial charge in [0.05, 0.1) is 0 Å². The van der Waals surface area contributed by atoms with Crippen LogP contribution < -0.4 is 0 Å². The molecule has 0 aliphatic carbocycles. The number of ether oxygens (including phenoxy) is 1. The molecule has 0 N–H and O–H groups in total. The lowest BCUT2D eigenvalue weighted by atomic mass is 10.3. The second kappa shape index (κ2) is 5.41. The van der Waals surface area contributed by atoms with Crippen molar-refractivity contribution in [1.82, 2.24) is 0 Å². The highest BCUT2D eigenvalue weighted by molar-refractivity contribution is 4.58. The van der Waals surface area contributed by atoms with Gasteiger partial charge < -0.3 is 4.74 Å². The van der Waals surface area contributed by atoms with Gasteiger partial charge in [-0.15, -0.1) is 0 Å². The van der Waals surface area contributed by atoms with Crippen LogP contribution in [-0.2, 0) is 4.74 Å². The first kappa shape index (κ1) is 8.27. The quantitative estimate of drug-likeness (QED) is 0.324. The molecule has 0 rings (SSSR count). The Balaban J connectivity index is 3.26. The zero-order valence-corrected chi connectivity index (χ0v) is 5.74. The van der Waals surface area contributed by atoms with Gasteiger partial charge in [-0.2, -0.15) is 0 Å². The molecule has 0 spiro atoms. The van der Waals surface area contributed by atoms with Crippen molar-refractivity contribution in [2.24, 2.45) is 5.11 Å². The smallest absolute Gasteiger partial charge is 0.0466 e. The van der Waals surface area contributed by atoms with E-state index in [-0.39, 0.29) is 6.04 Å². The first-order valence-corrected chi connectivity index (χ1v) is 2.84. The lowest BCUT2D eigenvalue weighted by molar-refractivity contribution is 0.189. The maximum absolute atomic E-state index is 7.95. The third-order valence-electron chi connectivity index (χ3n) is 0.989. The average Bonchev–Trinajstić information content (AvgIpc) is 1.85. The Hall–Kier alpha value is -0.730. The third-order valence-corrected chi connectivity index (χ3v) is 0.989. The predicted octanol–water partition coefficient (Wildman–Crippen LogP) is 1.72. The molecule has 0 bridgehead atoms. The fourth-order valence-electron chi connectivity index (χ4n) is 0.434. The molecule has 0 aromatic heterocycles. The standard InChI is InChI=1S/C5H11N3O/c1-5(7-8-6)3-4-9-2/h5H,3-4H2,1-2H3. The van der Waals surface area contributed by atoms with E-state index in [1.54, 1.807) is 7.11 Å². The van der Waals surface area contributed by atoms with Crippen LogP contribution in [0.3, 0.4) is 0 Å². The molecule has 0 radical (unpaired) electrons. The largest absolute Gasteiger partial charge is 0.385 e. The second-order valence-electron chi connectivity index (χ2n) is 1.84. The number of hydrogen-bond acceptors (Lipinski definition) is 2. The van der Waals surface area contributed by atoms with Gasteiger partial charge in [-0.05, 0) is 12.0 Å². The maximum atomic E-state index is 7.95. The van der Waals surface area contributed by atoms with Crippen LogP contribution in [-0.4, -0.2) is 19.8 Å². The van der Waals surface area contributed by atoms with Crippen LogP contribution in [0, 0.1) is 0 Å². The lowest BCUT2D eigenvalue weighted by Gasteiger charge is -2.00. The van der Waals surface area contributed by atoms with Gasteiger partial charge in [-0.1, -0.05) is 12.0 Å². The van der Waals surface area contributed by atoms with Crippen LogP contribution in [0.25, 0.3) is 10.4 Å².